The third-order valence-corrected chi connectivity index (χ3v) is 4.36. The lowest BCUT2D eigenvalue weighted by molar-refractivity contribution is -0.0671. The van der Waals surface area contributed by atoms with Crippen molar-refractivity contribution in [2.45, 2.75) is 69.7 Å². The van der Waals surface area contributed by atoms with E-state index in [2.05, 4.69) is 0 Å². The Balaban J connectivity index is 1.66. The Hall–Kier alpha value is -0.120. The molecular formula is C14H26O3. The van der Waals surface area contributed by atoms with Crippen LogP contribution >= 0.6 is 0 Å². The van der Waals surface area contributed by atoms with Crippen molar-refractivity contribution >= 4 is 0 Å². The molecule has 0 aromatic heterocycles. The zero-order chi connectivity index (χ0) is 12.1. The number of aliphatic hydroxyl groups is 1. The van der Waals surface area contributed by atoms with Gasteiger partial charge in [0.25, 0.3) is 0 Å². The molecule has 3 atom stereocenters. The Bertz CT molecular complexity index is 214. The smallest absolute Gasteiger partial charge is 0.0801 e. The summed E-state index contributed by atoms with van der Waals surface area (Å²) >= 11 is 0. The van der Waals surface area contributed by atoms with Crippen molar-refractivity contribution < 1.29 is 14.6 Å². The minimum Gasteiger partial charge on any atom is -0.390 e. The molecule has 0 bridgehead atoms. The predicted molar refractivity (Wildman–Crippen MR) is 67.0 cm³/mol. The SMILES string of the molecule is COC1CCCC(OCC(O)C2CCCC2)C1. The fourth-order valence-electron chi connectivity index (χ4n) is 3.18. The Labute approximate surface area is 104 Å². The van der Waals surface area contributed by atoms with Crippen LogP contribution < -0.4 is 0 Å². The molecule has 0 spiro atoms. The molecule has 2 aliphatic rings. The molecule has 0 saturated heterocycles. The van der Waals surface area contributed by atoms with Crippen molar-refractivity contribution in [2.75, 3.05) is 13.7 Å². The monoisotopic (exact) mass is 242 g/mol. The molecule has 2 saturated carbocycles. The minimum absolute atomic E-state index is 0.250. The van der Waals surface area contributed by atoms with E-state index in [1.807, 2.05) is 0 Å². The van der Waals surface area contributed by atoms with Crippen LogP contribution in [0.15, 0.2) is 0 Å². The second kappa shape index (κ2) is 6.72. The first-order valence-electron chi connectivity index (χ1n) is 7.12. The topological polar surface area (TPSA) is 38.7 Å². The second-order valence-corrected chi connectivity index (χ2v) is 5.59. The molecule has 100 valence electrons. The van der Waals surface area contributed by atoms with Gasteiger partial charge in [-0.05, 0) is 44.4 Å². The summed E-state index contributed by atoms with van der Waals surface area (Å²) in [6.45, 7) is 0.520. The fraction of sp³-hybridized carbons (Fsp3) is 1.00. The van der Waals surface area contributed by atoms with Crippen LogP contribution in [0.4, 0.5) is 0 Å². The number of aliphatic hydroxyl groups excluding tert-OH is 1. The Morgan fingerprint density at radius 3 is 2.47 bits per heavy atom. The average molecular weight is 242 g/mol. The molecule has 0 aromatic rings. The van der Waals surface area contributed by atoms with E-state index in [-0.39, 0.29) is 6.10 Å². The molecule has 0 aliphatic heterocycles. The molecule has 0 amide bonds. The molecule has 3 nitrogen and oxygen atoms in total. The molecule has 0 heterocycles. The van der Waals surface area contributed by atoms with Gasteiger partial charge < -0.3 is 14.6 Å². The van der Waals surface area contributed by atoms with Crippen molar-refractivity contribution in [1.82, 2.24) is 0 Å². The van der Waals surface area contributed by atoms with Crippen molar-refractivity contribution in [3.63, 3.8) is 0 Å². The lowest BCUT2D eigenvalue weighted by Gasteiger charge is -2.29. The third kappa shape index (κ3) is 3.94. The highest BCUT2D eigenvalue weighted by atomic mass is 16.5. The van der Waals surface area contributed by atoms with E-state index in [4.69, 9.17) is 9.47 Å². The van der Waals surface area contributed by atoms with E-state index in [1.54, 1.807) is 7.11 Å². The van der Waals surface area contributed by atoms with E-state index in [0.29, 0.717) is 24.7 Å². The van der Waals surface area contributed by atoms with Crippen LogP contribution in [0.1, 0.15) is 51.4 Å². The maximum atomic E-state index is 10.0. The summed E-state index contributed by atoms with van der Waals surface area (Å²) < 4.78 is 11.2. The highest BCUT2D eigenvalue weighted by molar-refractivity contribution is 4.77. The van der Waals surface area contributed by atoms with Gasteiger partial charge in [-0.1, -0.05) is 12.8 Å². The fourth-order valence-corrected chi connectivity index (χ4v) is 3.18. The third-order valence-electron chi connectivity index (χ3n) is 4.36. The van der Waals surface area contributed by atoms with E-state index >= 15 is 0 Å². The Kier molecular flexibility index (Phi) is 5.26. The van der Waals surface area contributed by atoms with E-state index in [9.17, 15) is 5.11 Å². The molecule has 0 aromatic carbocycles. The van der Waals surface area contributed by atoms with Gasteiger partial charge >= 0.3 is 0 Å². The average Bonchev–Trinajstić information content (AvgIpc) is 2.90. The summed E-state index contributed by atoms with van der Waals surface area (Å²) in [5, 5.41) is 10.0. The largest absolute Gasteiger partial charge is 0.390 e. The zero-order valence-corrected chi connectivity index (χ0v) is 10.9. The highest BCUT2D eigenvalue weighted by Crippen LogP contribution is 2.29. The van der Waals surface area contributed by atoms with E-state index in [0.717, 1.165) is 19.3 Å². The van der Waals surface area contributed by atoms with Gasteiger partial charge in [-0.2, -0.15) is 0 Å². The molecule has 2 fully saturated rings. The number of hydrogen-bond donors (Lipinski definition) is 1. The highest BCUT2D eigenvalue weighted by Gasteiger charge is 2.26. The van der Waals surface area contributed by atoms with Crippen molar-refractivity contribution in [3.8, 4) is 0 Å². The van der Waals surface area contributed by atoms with Gasteiger partial charge in [0.15, 0.2) is 0 Å². The number of methoxy groups -OCH3 is 1. The standard InChI is InChI=1S/C14H26O3/c1-16-12-7-4-8-13(9-12)17-10-14(15)11-5-2-3-6-11/h11-15H,2-10H2,1H3. The normalized spacial score (nSPS) is 32.8. The van der Waals surface area contributed by atoms with Crippen LogP contribution in [0, 0.1) is 5.92 Å². The van der Waals surface area contributed by atoms with Crippen LogP contribution in [0.5, 0.6) is 0 Å². The molecule has 3 unspecified atom stereocenters. The first kappa shape index (κ1) is 13.3. The lowest BCUT2D eigenvalue weighted by atomic mass is 9.94. The van der Waals surface area contributed by atoms with Gasteiger partial charge in [0.05, 0.1) is 24.9 Å². The van der Waals surface area contributed by atoms with Crippen LogP contribution in [0.25, 0.3) is 0 Å². The number of hydrogen-bond acceptors (Lipinski definition) is 3. The number of rotatable bonds is 5. The predicted octanol–water partition coefficient (Wildman–Crippen LogP) is 2.51. The quantitative estimate of drug-likeness (QED) is 0.805. The zero-order valence-electron chi connectivity index (χ0n) is 10.9. The molecular weight excluding hydrogens is 216 g/mol. The van der Waals surface area contributed by atoms with Gasteiger partial charge in [-0.15, -0.1) is 0 Å². The molecule has 0 radical (unpaired) electrons. The minimum atomic E-state index is -0.250. The summed E-state index contributed by atoms with van der Waals surface area (Å²) in [5.41, 5.74) is 0. The van der Waals surface area contributed by atoms with Crippen LogP contribution in [-0.4, -0.2) is 37.1 Å². The van der Waals surface area contributed by atoms with Gasteiger partial charge in [0.2, 0.25) is 0 Å². The maximum absolute atomic E-state index is 10.0. The summed E-state index contributed by atoms with van der Waals surface area (Å²) in [5.74, 6) is 0.483. The van der Waals surface area contributed by atoms with Gasteiger partial charge in [0.1, 0.15) is 0 Å². The van der Waals surface area contributed by atoms with Crippen molar-refractivity contribution in [1.29, 1.82) is 0 Å². The number of ether oxygens (including phenoxy) is 2. The van der Waals surface area contributed by atoms with Gasteiger partial charge in [-0.3, -0.25) is 0 Å². The van der Waals surface area contributed by atoms with Gasteiger partial charge in [0, 0.05) is 7.11 Å². The molecule has 2 rings (SSSR count). The van der Waals surface area contributed by atoms with Crippen LogP contribution in [0.3, 0.4) is 0 Å². The summed E-state index contributed by atoms with van der Waals surface area (Å²) in [4.78, 5) is 0. The van der Waals surface area contributed by atoms with E-state index < -0.39 is 0 Å². The first-order valence-corrected chi connectivity index (χ1v) is 7.12. The van der Waals surface area contributed by atoms with Crippen LogP contribution in [-0.2, 0) is 9.47 Å². The van der Waals surface area contributed by atoms with Gasteiger partial charge in [-0.25, -0.2) is 0 Å². The lowest BCUT2D eigenvalue weighted by Crippen LogP contribution is -2.32. The summed E-state index contributed by atoms with van der Waals surface area (Å²) in [7, 11) is 1.78. The summed E-state index contributed by atoms with van der Waals surface area (Å²) in [6.07, 6.45) is 9.76. The van der Waals surface area contributed by atoms with Crippen molar-refractivity contribution in [3.05, 3.63) is 0 Å². The van der Waals surface area contributed by atoms with Crippen molar-refractivity contribution in [2.24, 2.45) is 5.92 Å². The Morgan fingerprint density at radius 2 is 1.76 bits per heavy atom. The molecule has 3 heteroatoms. The van der Waals surface area contributed by atoms with Crippen LogP contribution in [0.2, 0.25) is 0 Å². The maximum Gasteiger partial charge on any atom is 0.0801 e. The Morgan fingerprint density at radius 1 is 1.06 bits per heavy atom. The second-order valence-electron chi connectivity index (χ2n) is 5.59. The molecule has 2 aliphatic carbocycles. The first-order chi connectivity index (χ1) is 8.29. The molecule has 1 N–H and O–H groups in total. The summed E-state index contributed by atoms with van der Waals surface area (Å²) in [6, 6.07) is 0. The molecule has 17 heavy (non-hydrogen) atoms. The van der Waals surface area contributed by atoms with E-state index in [1.165, 1.54) is 32.1 Å².